The molecular weight excluding hydrogens is 448 g/mol. The van der Waals surface area contributed by atoms with Gasteiger partial charge in [0.05, 0.1) is 6.10 Å². The van der Waals surface area contributed by atoms with Crippen LogP contribution < -0.4 is 0 Å². The van der Waals surface area contributed by atoms with Crippen LogP contribution in [0.25, 0.3) is 0 Å². The van der Waals surface area contributed by atoms with Crippen LogP contribution in [-0.2, 0) is 14.3 Å². The van der Waals surface area contributed by atoms with Crippen LogP contribution >= 0.6 is 0 Å². The highest BCUT2D eigenvalue weighted by atomic mass is 16.5. The van der Waals surface area contributed by atoms with E-state index in [-0.39, 0.29) is 50.8 Å². The van der Waals surface area contributed by atoms with Crippen molar-refractivity contribution >= 4 is 11.8 Å². The van der Waals surface area contributed by atoms with E-state index in [1.807, 2.05) is 6.08 Å². The van der Waals surface area contributed by atoms with Gasteiger partial charge >= 0.3 is 5.97 Å². The molecule has 36 heavy (non-hydrogen) atoms. The molecule has 1 N–H and O–H groups in total. The minimum Gasteiger partial charge on any atom is -0.462 e. The summed E-state index contributed by atoms with van der Waals surface area (Å²) in [6, 6.07) is 0. The average Bonchev–Trinajstić information content (AvgIpc) is 2.89. The number of carbonyl (C=O) groups is 2. The predicted molar refractivity (Wildman–Crippen MR) is 142 cm³/mol. The first kappa shape index (κ1) is 26.4. The minimum atomic E-state index is -0.408. The Morgan fingerprint density at radius 1 is 0.861 bits per heavy atom. The maximum atomic E-state index is 13.7. The van der Waals surface area contributed by atoms with Gasteiger partial charge in [-0.1, -0.05) is 54.0 Å². The molecule has 5 rings (SSSR count). The van der Waals surface area contributed by atoms with Crippen LogP contribution in [0.5, 0.6) is 0 Å². The number of aliphatic hydroxyl groups excluding tert-OH is 1. The van der Waals surface area contributed by atoms with Crippen molar-refractivity contribution in [1.29, 1.82) is 0 Å². The molecule has 0 amide bonds. The molecule has 5 aliphatic carbocycles. The molecule has 0 spiro atoms. The van der Waals surface area contributed by atoms with Gasteiger partial charge in [0.2, 0.25) is 0 Å². The van der Waals surface area contributed by atoms with Crippen molar-refractivity contribution in [3.05, 3.63) is 11.6 Å². The number of hydrogen-bond acceptors (Lipinski definition) is 4. The van der Waals surface area contributed by atoms with Crippen molar-refractivity contribution in [3.63, 3.8) is 0 Å². The van der Waals surface area contributed by atoms with Crippen molar-refractivity contribution in [3.8, 4) is 0 Å². The highest BCUT2D eigenvalue weighted by Gasteiger charge is 2.64. The van der Waals surface area contributed by atoms with E-state index in [1.165, 1.54) is 24.8 Å². The summed E-state index contributed by atoms with van der Waals surface area (Å²) in [6.45, 7) is 17.9. The summed E-state index contributed by atoms with van der Waals surface area (Å²) in [5, 5.41) is 10.9. The number of esters is 1. The number of rotatable bonds is 1. The van der Waals surface area contributed by atoms with Crippen LogP contribution in [0.3, 0.4) is 0 Å². The fourth-order valence-electron chi connectivity index (χ4n) is 11.3. The zero-order valence-corrected chi connectivity index (χ0v) is 24.1. The van der Waals surface area contributed by atoms with Gasteiger partial charge in [-0.2, -0.15) is 0 Å². The van der Waals surface area contributed by atoms with E-state index in [4.69, 9.17) is 4.74 Å². The van der Waals surface area contributed by atoms with Crippen molar-refractivity contribution in [2.75, 3.05) is 0 Å². The van der Waals surface area contributed by atoms with Gasteiger partial charge in [0.25, 0.3) is 0 Å². The molecule has 0 heterocycles. The van der Waals surface area contributed by atoms with Crippen LogP contribution in [0.2, 0.25) is 0 Å². The Morgan fingerprint density at radius 3 is 2.19 bits per heavy atom. The van der Waals surface area contributed by atoms with E-state index in [0.717, 1.165) is 38.5 Å². The molecular formula is C32H50O4. The van der Waals surface area contributed by atoms with Crippen LogP contribution in [0.1, 0.15) is 113 Å². The lowest BCUT2D eigenvalue weighted by Crippen LogP contribution is -2.59. The van der Waals surface area contributed by atoms with E-state index in [1.54, 1.807) is 6.92 Å². The minimum absolute atomic E-state index is 0.00156. The zero-order chi connectivity index (χ0) is 26.5. The lowest BCUT2D eigenvalue weighted by Gasteiger charge is -2.64. The molecule has 0 unspecified atom stereocenters. The van der Waals surface area contributed by atoms with Gasteiger partial charge < -0.3 is 9.84 Å². The first-order valence-corrected chi connectivity index (χ1v) is 14.7. The molecule has 0 radical (unpaired) electrons. The molecule has 4 nitrogen and oxygen atoms in total. The zero-order valence-electron chi connectivity index (χ0n) is 24.1. The normalized spacial score (nSPS) is 49.4. The van der Waals surface area contributed by atoms with Gasteiger partial charge in [-0.25, -0.2) is 0 Å². The molecule has 0 aromatic rings. The van der Waals surface area contributed by atoms with Crippen molar-refractivity contribution < 1.29 is 19.4 Å². The summed E-state index contributed by atoms with van der Waals surface area (Å²) >= 11 is 0. The monoisotopic (exact) mass is 498 g/mol. The van der Waals surface area contributed by atoms with Crippen molar-refractivity contribution in [1.82, 2.24) is 0 Å². The number of hydrogen-bond donors (Lipinski definition) is 1. The van der Waals surface area contributed by atoms with Gasteiger partial charge in [0.15, 0.2) is 5.78 Å². The Hall–Kier alpha value is -1.16. The fourth-order valence-corrected chi connectivity index (χ4v) is 11.3. The highest BCUT2D eigenvalue weighted by Crippen LogP contribution is 2.70. The van der Waals surface area contributed by atoms with E-state index in [0.29, 0.717) is 17.8 Å². The van der Waals surface area contributed by atoms with Crippen molar-refractivity contribution in [2.45, 2.75) is 125 Å². The van der Waals surface area contributed by atoms with Crippen molar-refractivity contribution in [2.24, 2.45) is 50.7 Å². The molecule has 4 heteroatoms. The predicted octanol–water partition coefficient (Wildman–Crippen LogP) is 6.89. The van der Waals surface area contributed by atoms with Crippen LogP contribution in [0.15, 0.2) is 11.6 Å². The molecule has 9 atom stereocenters. The number of ether oxygens (including phenoxy) is 1. The maximum Gasteiger partial charge on any atom is 0.302 e. The Bertz CT molecular complexity index is 977. The third-order valence-corrected chi connectivity index (χ3v) is 12.8. The third kappa shape index (κ3) is 3.55. The summed E-state index contributed by atoms with van der Waals surface area (Å²) in [7, 11) is 0. The molecule has 5 aliphatic rings. The highest BCUT2D eigenvalue weighted by molar-refractivity contribution is 5.95. The Balaban J connectivity index is 1.50. The quantitative estimate of drug-likeness (QED) is 0.400. The SMILES string of the molecule is CC(=O)O[C@H]1CC[C@@]2(C)[C@@H](CC[C@@]3(C)CC4=CC(=O)[C@H]5C(C)(C)[C@H](O)CC[C@]5(C)[C@H]4CC[C@@H]32)C1(C)C. The van der Waals surface area contributed by atoms with E-state index < -0.39 is 6.10 Å². The molecule has 202 valence electrons. The molecule has 4 saturated carbocycles. The fraction of sp³-hybridized carbons (Fsp3) is 0.875. The van der Waals surface area contributed by atoms with E-state index in [9.17, 15) is 14.7 Å². The van der Waals surface area contributed by atoms with E-state index in [2.05, 4.69) is 48.5 Å². The second-order valence-electron chi connectivity index (χ2n) is 15.5. The smallest absolute Gasteiger partial charge is 0.302 e. The number of allylic oxidation sites excluding steroid dienone is 2. The van der Waals surface area contributed by atoms with E-state index >= 15 is 0 Å². The van der Waals surface area contributed by atoms with Gasteiger partial charge in [-0.15, -0.1) is 0 Å². The standard InChI is InChI=1S/C32H50O4/c1-19(33)36-26-13-16-32(8)23(28(26,2)3)11-14-30(6)18-20-17-22(34)27-29(4,5)25(35)12-15-31(27,7)21(20)9-10-24(30)32/h17,21,23-27,35H,9-16,18H2,1-8H3/t21-,23-,24-,25+,26-,27-,30-,31+,32-/m0/s1. The molecule has 0 saturated heterocycles. The van der Waals surface area contributed by atoms with Gasteiger partial charge in [-0.3, -0.25) is 9.59 Å². The lowest BCUT2D eigenvalue weighted by atomic mass is 9.42. The Labute approximate surface area is 219 Å². The average molecular weight is 499 g/mol. The summed E-state index contributed by atoms with van der Waals surface area (Å²) in [6.07, 6.45) is 11.2. The largest absolute Gasteiger partial charge is 0.462 e. The second-order valence-corrected chi connectivity index (χ2v) is 15.5. The summed E-state index contributed by atoms with van der Waals surface area (Å²) in [5.74, 6) is 1.57. The maximum absolute atomic E-state index is 13.7. The Morgan fingerprint density at radius 2 is 1.53 bits per heavy atom. The number of ketones is 1. The van der Waals surface area contributed by atoms with Gasteiger partial charge in [0, 0.05) is 23.7 Å². The Kier molecular flexibility index (Phi) is 6.00. The number of aliphatic hydroxyl groups is 1. The molecule has 0 aromatic heterocycles. The molecule has 0 bridgehead atoms. The van der Waals surface area contributed by atoms with Crippen LogP contribution in [-0.4, -0.2) is 29.1 Å². The molecule has 4 fully saturated rings. The first-order valence-electron chi connectivity index (χ1n) is 14.7. The van der Waals surface area contributed by atoms with Gasteiger partial charge in [0.1, 0.15) is 6.10 Å². The van der Waals surface area contributed by atoms with Crippen LogP contribution in [0, 0.1) is 50.7 Å². The molecule has 0 aromatic carbocycles. The second kappa shape index (κ2) is 8.17. The molecule has 0 aliphatic heterocycles. The number of fused-ring (bicyclic) bond motifs is 6. The summed E-state index contributed by atoms with van der Waals surface area (Å²) in [4.78, 5) is 25.6. The lowest BCUT2D eigenvalue weighted by molar-refractivity contribution is -0.191. The first-order chi connectivity index (χ1) is 16.6. The topological polar surface area (TPSA) is 63.6 Å². The van der Waals surface area contributed by atoms with Gasteiger partial charge in [-0.05, 0) is 97.9 Å². The summed E-state index contributed by atoms with van der Waals surface area (Å²) < 4.78 is 5.87. The third-order valence-electron chi connectivity index (χ3n) is 12.8. The van der Waals surface area contributed by atoms with Crippen LogP contribution in [0.4, 0.5) is 0 Å². The number of carbonyl (C=O) groups excluding carboxylic acids is 2. The summed E-state index contributed by atoms with van der Waals surface area (Å²) in [5.41, 5.74) is 1.34.